The van der Waals surface area contributed by atoms with Crippen molar-refractivity contribution in [2.75, 3.05) is 6.54 Å². The van der Waals surface area contributed by atoms with E-state index in [0.717, 1.165) is 35.5 Å². The Morgan fingerprint density at radius 2 is 1.94 bits per heavy atom. The minimum Gasteiger partial charge on any atom is -0.383 e. The van der Waals surface area contributed by atoms with Gasteiger partial charge in [0.25, 0.3) is 0 Å². The summed E-state index contributed by atoms with van der Waals surface area (Å²) in [5, 5.41) is 15.8. The summed E-state index contributed by atoms with van der Waals surface area (Å²) in [7, 11) is 0. The van der Waals surface area contributed by atoms with Gasteiger partial charge >= 0.3 is 0 Å². The first-order valence-electron chi connectivity index (χ1n) is 11.3. The Bertz CT molecular complexity index is 1100. The molecule has 172 valence electrons. The molecule has 33 heavy (non-hydrogen) atoms. The number of carbonyl (C=O) groups excluding carboxylic acids is 2. The summed E-state index contributed by atoms with van der Waals surface area (Å²) in [6.45, 7) is 2.96. The highest BCUT2D eigenvalue weighted by atomic mass is 32.1. The molecule has 6 nitrogen and oxygen atoms in total. The average Bonchev–Trinajstić information content (AvgIpc) is 3.49. The predicted octanol–water partition coefficient (Wildman–Crippen LogP) is 3.77. The highest BCUT2D eigenvalue weighted by Crippen LogP contribution is 2.32. The number of nitrogens with one attached hydrogen (secondary N) is 1. The molecule has 1 aliphatic rings. The summed E-state index contributed by atoms with van der Waals surface area (Å²) in [4.78, 5) is 31.6. The van der Waals surface area contributed by atoms with E-state index in [1.165, 1.54) is 22.5 Å². The highest BCUT2D eigenvalue weighted by Gasteiger charge is 2.32. The molecule has 1 aliphatic heterocycles. The van der Waals surface area contributed by atoms with Gasteiger partial charge in [-0.25, -0.2) is 4.98 Å². The first kappa shape index (κ1) is 23.1. The van der Waals surface area contributed by atoms with Gasteiger partial charge in [-0.3, -0.25) is 9.59 Å². The highest BCUT2D eigenvalue weighted by molar-refractivity contribution is 7.09. The number of thiazole rings is 1. The largest absolute Gasteiger partial charge is 0.383 e. The minimum atomic E-state index is -1.37. The van der Waals surface area contributed by atoms with E-state index in [1.54, 1.807) is 4.90 Å². The molecular formula is C26H29N3O3S. The number of aliphatic hydroxyl groups is 1. The van der Waals surface area contributed by atoms with Crippen molar-refractivity contribution < 1.29 is 14.7 Å². The molecule has 7 heteroatoms. The first-order valence-corrected chi connectivity index (χ1v) is 12.2. The number of carbonyl (C=O) groups is 2. The molecule has 1 aromatic heterocycles. The Hall–Kier alpha value is -3.03. The van der Waals surface area contributed by atoms with Crippen LogP contribution in [0.5, 0.6) is 0 Å². The van der Waals surface area contributed by atoms with E-state index in [0.29, 0.717) is 6.54 Å². The molecule has 4 rings (SSSR count). The number of rotatable bonds is 8. The van der Waals surface area contributed by atoms with Crippen LogP contribution in [-0.2, 0) is 22.6 Å². The van der Waals surface area contributed by atoms with Crippen LogP contribution in [0.2, 0.25) is 0 Å². The quantitative estimate of drug-likeness (QED) is 0.533. The Labute approximate surface area is 198 Å². The fourth-order valence-electron chi connectivity index (χ4n) is 4.26. The number of likely N-dealkylation sites (tertiary alicyclic amines) is 1. The van der Waals surface area contributed by atoms with Crippen LogP contribution in [-0.4, -0.2) is 39.5 Å². The fraction of sp³-hybridized carbons (Fsp3) is 0.346. The van der Waals surface area contributed by atoms with Gasteiger partial charge in [0.2, 0.25) is 11.8 Å². The number of aromatic nitrogens is 1. The standard InChI is InChI=1S/C26H29N3O3S/c1-18-8-5-6-11-20(18)14-21-17-33-24(28-21)16-27-26(32)23(30)15-25(31)29-13-7-12-22(29)19-9-3-2-4-10-19/h2-6,8-11,17,22-23,30H,7,12-16H2,1H3,(H,27,32)/t22?,23-/m1/s1. The SMILES string of the molecule is Cc1ccccc1Cc1csc(CNC(=O)[C@H](O)CC(=O)N2CCCC2c2ccccc2)n1. The summed E-state index contributed by atoms with van der Waals surface area (Å²) < 4.78 is 0. The van der Waals surface area contributed by atoms with E-state index in [1.807, 2.05) is 47.8 Å². The normalized spacial score (nSPS) is 16.5. The molecule has 0 radical (unpaired) electrons. The van der Waals surface area contributed by atoms with Gasteiger partial charge in [0.1, 0.15) is 11.1 Å². The van der Waals surface area contributed by atoms with E-state index in [2.05, 4.69) is 29.4 Å². The van der Waals surface area contributed by atoms with Crippen LogP contribution in [0.4, 0.5) is 0 Å². The maximum Gasteiger partial charge on any atom is 0.249 e. The van der Waals surface area contributed by atoms with Gasteiger partial charge in [-0.1, -0.05) is 54.6 Å². The Morgan fingerprint density at radius 3 is 2.73 bits per heavy atom. The molecule has 2 aromatic carbocycles. The predicted molar refractivity (Wildman–Crippen MR) is 129 cm³/mol. The van der Waals surface area contributed by atoms with Gasteiger partial charge in [0, 0.05) is 18.3 Å². The van der Waals surface area contributed by atoms with E-state index in [-0.39, 0.29) is 24.9 Å². The second-order valence-electron chi connectivity index (χ2n) is 8.43. The zero-order valence-electron chi connectivity index (χ0n) is 18.7. The third-order valence-corrected chi connectivity index (χ3v) is 6.97. The van der Waals surface area contributed by atoms with Crippen LogP contribution in [0.25, 0.3) is 0 Å². The molecular weight excluding hydrogens is 434 g/mol. The number of nitrogens with zero attached hydrogens (tertiary/aromatic N) is 2. The molecule has 0 saturated carbocycles. The van der Waals surface area contributed by atoms with Crippen LogP contribution in [0.1, 0.15) is 52.7 Å². The second-order valence-corrected chi connectivity index (χ2v) is 9.37. The monoisotopic (exact) mass is 463 g/mol. The van der Waals surface area contributed by atoms with Gasteiger partial charge in [-0.05, 0) is 36.5 Å². The molecule has 0 bridgehead atoms. The molecule has 2 amide bonds. The number of aliphatic hydroxyl groups excluding tert-OH is 1. The average molecular weight is 464 g/mol. The molecule has 0 spiro atoms. The van der Waals surface area contributed by atoms with E-state index in [9.17, 15) is 14.7 Å². The van der Waals surface area contributed by atoms with E-state index in [4.69, 9.17) is 0 Å². The zero-order valence-corrected chi connectivity index (χ0v) is 19.6. The van der Waals surface area contributed by atoms with Crippen LogP contribution >= 0.6 is 11.3 Å². The summed E-state index contributed by atoms with van der Waals surface area (Å²) in [5.41, 5.74) is 4.49. The lowest BCUT2D eigenvalue weighted by Gasteiger charge is -2.26. The van der Waals surface area contributed by atoms with E-state index >= 15 is 0 Å². The van der Waals surface area contributed by atoms with Crippen molar-refractivity contribution in [3.8, 4) is 0 Å². The summed E-state index contributed by atoms with van der Waals surface area (Å²) in [6.07, 6.45) is 0.967. The van der Waals surface area contributed by atoms with Gasteiger partial charge in [-0.15, -0.1) is 11.3 Å². The molecule has 2 heterocycles. The van der Waals surface area contributed by atoms with Gasteiger partial charge in [0.05, 0.1) is 24.7 Å². The van der Waals surface area contributed by atoms with E-state index < -0.39 is 12.0 Å². The van der Waals surface area contributed by atoms with Gasteiger partial charge in [0.15, 0.2) is 0 Å². The fourth-order valence-corrected chi connectivity index (χ4v) is 4.99. The lowest BCUT2D eigenvalue weighted by atomic mass is 10.0. The summed E-state index contributed by atoms with van der Waals surface area (Å²) in [6, 6.07) is 18.1. The molecule has 1 fully saturated rings. The van der Waals surface area contributed by atoms with Crippen molar-refractivity contribution in [1.82, 2.24) is 15.2 Å². The minimum absolute atomic E-state index is 0.0101. The first-order chi connectivity index (χ1) is 16.0. The molecule has 1 saturated heterocycles. The smallest absolute Gasteiger partial charge is 0.249 e. The third-order valence-electron chi connectivity index (χ3n) is 6.07. The Morgan fingerprint density at radius 1 is 1.18 bits per heavy atom. The molecule has 2 N–H and O–H groups in total. The summed E-state index contributed by atoms with van der Waals surface area (Å²) >= 11 is 1.48. The molecule has 0 aliphatic carbocycles. The van der Waals surface area contributed by atoms with Crippen LogP contribution in [0.15, 0.2) is 60.0 Å². The van der Waals surface area contributed by atoms with Crippen LogP contribution < -0.4 is 5.32 Å². The van der Waals surface area contributed by atoms with Crippen molar-refractivity contribution in [2.45, 2.75) is 51.3 Å². The second kappa shape index (κ2) is 10.7. The topological polar surface area (TPSA) is 82.5 Å². The summed E-state index contributed by atoms with van der Waals surface area (Å²) in [5.74, 6) is -0.742. The molecule has 1 unspecified atom stereocenters. The number of amides is 2. The van der Waals surface area contributed by atoms with Crippen molar-refractivity contribution in [2.24, 2.45) is 0 Å². The van der Waals surface area contributed by atoms with Crippen molar-refractivity contribution in [3.05, 3.63) is 87.4 Å². The maximum atomic E-state index is 12.8. The molecule has 2 atom stereocenters. The third kappa shape index (κ3) is 5.86. The number of hydrogen-bond donors (Lipinski definition) is 2. The number of aryl methyl sites for hydroxylation is 1. The van der Waals surface area contributed by atoms with Crippen molar-refractivity contribution in [3.63, 3.8) is 0 Å². The number of benzene rings is 2. The lowest BCUT2D eigenvalue weighted by molar-refractivity contribution is -0.140. The molecule has 3 aromatic rings. The van der Waals surface area contributed by atoms with Gasteiger partial charge < -0.3 is 15.3 Å². The maximum absolute atomic E-state index is 12.8. The van der Waals surface area contributed by atoms with Crippen LogP contribution in [0, 0.1) is 6.92 Å². The Kier molecular flexibility index (Phi) is 7.52. The number of hydrogen-bond acceptors (Lipinski definition) is 5. The van der Waals surface area contributed by atoms with Gasteiger partial charge in [-0.2, -0.15) is 0 Å². The lowest BCUT2D eigenvalue weighted by Crippen LogP contribution is -2.39. The van der Waals surface area contributed by atoms with Crippen molar-refractivity contribution >= 4 is 23.2 Å². The van der Waals surface area contributed by atoms with Crippen LogP contribution in [0.3, 0.4) is 0 Å². The zero-order chi connectivity index (χ0) is 23.2. The Balaban J connectivity index is 1.27. The van der Waals surface area contributed by atoms with Crippen molar-refractivity contribution in [1.29, 1.82) is 0 Å².